The zero-order valence-corrected chi connectivity index (χ0v) is 14.2. The number of ketones is 1. The first kappa shape index (κ1) is 18.9. The minimum atomic E-state index is -4.85. The first-order valence-electron chi connectivity index (χ1n) is 7.35. The van der Waals surface area contributed by atoms with Gasteiger partial charge in [-0.25, -0.2) is 4.57 Å². The van der Waals surface area contributed by atoms with Crippen molar-refractivity contribution in [3.63, 3.8) is 0 Å². The van der Waals surface area contributed by atoms with E-state index in [0.717, 1.165) is 17.7 Å². The molecule has 25 heavy (non-hydrogen) atoms. The van der Waals surface area contributed by atoms with E-state index in [-0.39, 0.29) is 18.1 Å². The number of hydrogen-bond donors (Lipinski definition) is 5. The lowest BCUT2D eigenvalue weighted by molar-refractivity contribution is -0.121. The number of nitrogens with zero attached hydrogens (tertiary/aromatic N) is 1. The Balaban J connectivity index is 2.26. The molecule has 0 spiro atoms. The third kappa shape index (κ3) is 5.03. The standard InChI is InChI=1S/C16H18NO7P/c1-9(10-2-4-11(18)5-3-10)6-14(20)16-13(17-25(22,23)24)7-12(19)8-15(16)21/h2-5,7-9,16,18-19,21H,6H2,1H3,(H2,22,23,24)/b17-13+. The van der Waals surface area contributed by atoms with Gasteiger partial charge in [-0.05, 0) is 23.6 Å². The molecule has 2 rings (SSSR count). The summed E-state index contributed by atoms with van der Waals surface area (Å²) in [6.45, 7) is 1.76. The van der Waals surface area contributed by atoms with E-state index < -0.39 is 36.7 Å². The van der Waals surface area contributed by atoms with E-state index in [9.17, 15) is 24.7 Å². The molecule has 2 unspecified atom stereocenters. The second kappa shape index (κ2) is 7.23. The zero-order valence-electron chi connectivity index (χ0n) is 13.3. The van der Waals surface area contributed by atoms with Gasteiger partial charge < -0.3 is 25.1 Å². The number of carbonyl (C=O) groups excluding carboxylic acids is 1. The van der Waals surface area contributed by atoms with Crippen molar-refractivity contribution in [2.45, 2.75) is 19.3 Å². The predicted molar refractivity (Wildman–Crippen MR) is 90.5 cm³/mol. The van der Waals surface area contributed by atoms with Gasteiger partial charge in [-0.1, -0.05) is 19.1 Å². The van der Waals surface area contributed by atoms with Crippen LogP contribution in [0.1, 0.15) is 24.8 Å². The number of phenols is 1. The van der Waals surface area contributed by atoms with Crippen LogP contribution >= 0.6 is 7.75 Å². The SMILES string of the molecule is CC(CC(=O)C1C(O)=CC(O)=C/C1=N\P(=O)(O)O)c1ccc(O)cc1. The summed E-state index contributed by atoms with van der Waals surface area (Å²) in [5, 5.41) is 28.8. The lowest BCUT2D eigenvalue weighted by Gasteiger charge is -2.21. The maximum absolute atomic E-state index is 12.6. The van der Waals surface area contributed by atoms with E-state index in [1.807, 2.05) is 0 Å². The molecule has 1 aromatic carbocycles. The number of hydrogen-bond acceptors (Lipinski definition) is 5. The fraction of sp³-hybridized carbons (Fsp3) is 0.250. The van der Waals surface area contributed by atoms with Gasteiger partial charge in [0.05, 0.1) is 5.71 Å². The van der Waals surface area contributed by atoms with Gasteiger partial charge in [0.1, 0.15) is 29.0 Å². The molecule has 0 aliphatic heterocycles. The van der Waals surface area contributed by atoms with E-state index in [2.05, 4.69) is 4.76 Å². The van der Waals surface area contributed by atoms with Gasteiger partial charge in [0.15, 0.2) is 0 Å². The number of rotatable bonds is 5. The minimum Gasteiger partial charge on any atom is -0.511 e. The van der Waals surface area contributed by atoms with Gasteiger partial charge in [-0.3, -0.25) is 4.79 Å². The van der Waals surface area contributed by atoms with Crippen LogP contribution in [0.4, 0.5) is 0 Å². The van der Waals surface area contributed by atoms with Gasteiger partial charge in [0.2, 0.25) is 0 Å². The summed E-state index contributed by atoms with van der Waals surface area (Å²) >= 11 is 0. The van der Waals surface area contributed by atoms with Crippen molar-refractivity contribution >= 4 is 19.2 Å². The molecule has 8 nitrogen and oxygen atoms in total. The van der Waals surface area contributed by atoms with Gasteiger partial charge in [0, 0.05) is 18.6 Å². The Morgan fingerprint density at radius 2 is 1.76 bits per heavy atom. The molecular formula is C16H18NO7P. The van der Waals surface area contributed by atoms with Gasteiger partial charge >= 0.3 is 7.75 Å². The molecule has 0 saturated carbocycles. The van der Waals surface area contributed by atoms with Gasteiger partial charge in [0.25, 0.3) is 0 Å². The lowest BCUT2D eigenvalue weighted by atomic mass is 9.85. The first-order chi connectivity index (χ1) is 11.6. The third-order valence-corrected chi connectivity index (χ3v) is 4.21. The molecule has 5 N–H and O–H groups in total. The Morgan fingerprint density at radius 3 is 2.32 bits per heavy atom. The number of Topliss-reactive ketones (excluding diaryl/α,β-unsaturated/α-hetero) is 1. The molecule has 0 saturated heterocycles. The first-order valence-corrected chi connectivity index (χ1v) is 8.92. The monoisotopic (exact) mass is 367 g/mol. The highest BCUT2D eigenvalue weighted by Gasteiger charge is 2.33. The Morgan fingerprint density at radius 1 is 1.16 bits per heavy atom. The smallest absolute Gasteiger partial charge is 0.448 e. The van der Waals surface area contributed by atoms with Crippen molar-refractivity contribution in [2.24, 2.45) is 10.7 Å². The fourth-order valence-corrected chi connectivity index (χ4v) is 3.04. The summed E-state index contributed by atoms with van der Waals surface area (Å²) in [5.41, 5.74) is 0.381. The molecule has 0 aromatic heterocycles. The van der Waals surface area contributed by atoms with Crippen LogP contribution in [0.25, 0.3) is 0 Å². The molecule has 0 bridgehead atoms. The molecule has 1 aliphatic carbocycles. The quantitative estimate of drug-likeness (QED) is 0.502. The maximum Gasteiger partial charge on any atom is 0.448 e. The van der Waals surface area contributed by atoms with Crippen molar-refractivity contribution in [1.82, 2.24) is 0 Å². The molecule has 0 amide bonds. The summed E-state index contributed by atoms with van der Waals surface area (Å²) in [5.74, 6) is -3.03. The Labute approximate surface area is 143 Å². The number of aliphatic hydroxyl groups excluding tert-OH is 2. The summed E-state index contributed by atoms with van der Waals surface area (Å²) in [7, 11) is -4.85. The summed E-state index contributed by atoms with van der Waals surface area (Å²) in [4.78, 5) is 30.6. The topological polar surface area (TPSA) is 148 Å². The van der Waals surface area contributed by atoms with Crippen LogP contribution in [0, 0.1) is 5.92 Å². The van der Waals surface area contributed by atoms with Crippen LogP contribution in [-0.2, 0) is 9.36 Å². The number of allylic oxidation sites excluding steroid dienone is 3. The zero-order chi connectivity index (χ0) is 18.8. The molecule has 1 aromatic rings. The number of aliphatic hydroxyl groups is 2. The molecular weight excluding hydrogens is 349 g/mol. The van der Waals surface area contributed by atoms with Crippen LogP contribution in [0.2, 0.25) is 0 Å². The van der Waals surface area contributed by atoms with Crippen LogP contribution in [0.15, 0.2) is 52.7 Å². The summed E-state index contributed by atoms with van der Waals surface area (Å²) in [6, 6.07) is 6.27. The minimum absolute atomic E-state index is 0.0396. The van der Waals surface area contributed by atoms with Crippen molar-refractivity contribution in [3.8, 4) is 5.75 Å². The largest absolute Gasteiger partial charge is 0.511 e. The molecule has 0 radical (unpaired) electrons. The number of carbonyl (C=O) groups is 1. The summed E-state index contributed by atoms with van der Waals surface area (Å²) < 4.78 is 14.3. The van der Waals surface area contributed by atoms with Gasteiger partial charge in [-0.15, -0.1) is 0 Å². The number of aromatic hydroxyl groups is 1. The molecule has 9 heteroatoms. The third-order valence-electron chi connectivity index (χ3n) is 3.72. The van der Waals surface area contributed by atoms with Gasteiger partial charge in [-0.2, -0.15) is 4.76 Å². The van der Waals surface area contributed by atoms with Crippen molar-refractivity contribution < 1.29 is 34.5 Å². The van der Waals surface area contributed by atoms with Crippen LogP contribution in [0.5, 0.6) is 5.75 Å². The van der Waals surface area contributed by atoms with E-state index in [4.69, 9.17) is 9.79 Å². The number of benzene rings is 1. The van der Waals surface area contributed by atoms with E-state index in [0.29, 0.717) is 0 Å². The van der Waals surface area contributed by atoms with E-state index in [1.54, 1.807) is 19.1 Å². The van der Waals surface area contributed by atoms with Crippen molar-refractivity contribution in [3.05, 3.63) is 53.5 Å². The highest BCUT2D eigenvalue weighted by Crippen LogP contribution is 2.39. The second-order valence-corrected chi connectivity index (χ2v) is 7.00. The predicted octanol–water partition coefficient (Wildman–Crippen LogP) is 2.50. The normalized spacial score (nSPS) is 20.8. The molecule has 2 atom stereocenters. The Kier molecular flexibility index (Phi) is 5.47. The van der Waals surface area contributed by atoms with Crippen molar-refractivity contribution in [1.29, 1.82) is 0 Å². The fourth-order valence-electron chi connectivity index (χ4n) is 2.57. The highest BCUT2D eigenvalue weighted by molar-refractivity contribution is 7.50. The molecule has 134 valence electrons. The van der Waals surface area contributed by atoms with Crippen molar-refractivity contribution in [2.75, 3.05) is 0 Å². The molecule has 1 aliphatic rings. The van der Waals surface area contributed by atoms with E-state index >= 15 is 0 Å². The Bertz CT molecular complexity index is 804. The summed E-state index contributed by atoms with van der Waals surface area (Å²) in [6.07, 6.45) is 1.83. The molecule has 0 heterocycles. The van der Waals surface area contributed by atoms with Crippen LogP contribution in [0.3, 0.4) is 0 Å². The lowest BCUT2D eigenvalue weighted by Crippen LogP contribution is -2.28. The average Bonchev–Trinajstić information content (AvgIpc) is 2.45. The van der Waals surface area contributed by atoms with Crippen LogP contribution in [-0.4, -0.2) is 36.6 Å². The number of phenolic OH excluding ortho intramolecular Hbond substituents is 1. The second-order valence-electron chi connectivity index (χ2n) is 5.77. The Hall–Kier alpha value is -2.41. The molecule has 0 fully saturated rings. The average molecular weight is 367 g/mol. The van der Waals surface area contributed by atoms with E-state index in [1.165, 1.54) is 12.1 Å². The van der Waals surface area contributed by atoms with Crippen LogP contribution < -0.4 is 0 Å². The highest BCUT2D eigenvalue weighted by atomic mass is 31.2. The maximum atomic E-state index is 12.6.